The van der Waals surface area contributed by atoms with Crippen LogP contribution in [0.4, 0.5) is 0 Å². The van der Waals surface area contributed by atoms with Crippen LogP contribution in [-0.2, 0) is 30.2 Å². The average Bonchev–Trinajstić information content (AvgIpc) is 2.67. The molecule has 1 saturated heterocycles. The van der Waals surface area contributed by atoms with E-state index in [-0.39, 0.29) is 11.5 Å². The van der Waals surface area contributed by atoms with Crippen molar-refractivity contribution in [1.82, 2.24) is 0 Å². The molecule has 0 amide bonds. The molecule has 30 heavy (non-hydrogen) atoms. The number of thioether (sulfide) groups is 1. The van der Waals surface area contributed by atoms with Gasteiger partial charge in [0.15, 0.2) is 0 Å². The van der Waals surface area contributed by atoms with E-state index < -0.39 is 57.7 Å². The minimum Gasteiger partial charge on any atom is -0.394 e. The first-order valence-corrected chi connectivity index (χ1v) is 13.5. The van der Waals surface area contributed by atoms with E-state index in [2.05, 4.69) is 9.44 Å². The van der Waals surface area contributed by atoms with E-state index in [0.29, 0.717) is 12.2 Å². The number of oxime groups is 1. The number of aliphatic hydroxyl groups is 4. The third-order valence-corrected chi connectivity index (χ3v) is 6.71. The van der Waals surface area contributed by atoms with Crippen molar-refractivity contribution in [3.05, 3.63) is 0 Å². The molecule has 11 nitrogen and oxygen atoms in total. The number of hydrogen-bond donors (Lipinski definition) is 5. The molecule has 1 aliphatic rings. The number of aliphatic hydroxyl groups excluding tert-OH is 4. The Labute approximate surface area is 183 Å². The topological polar surface area (TPSA) is 183 Å². The largest absolute Gasteiger partial charge is 0.466 e. The van der Waals surface area contributed by atoms with Crippen LogP contribution in [0.2, 0.25) is 0 Å². The fourth-order valence-corrected chi connectivity index (χ4v) is 4.75. The molecule has 0 aromatic carbocycles. The third kappa shape index (κ3) is 10.8. The number of rotatable bonds is 13. The van der Waals surface area contributed by atoms with Gasteiger partial charge in [0.05, 0.1) is 6.61 Å². The van der Waals surface area contributed by atoms with Crippen LogP contribution in [0.25, 0.3) is 0 Å². The first-order chi connectivity index (χ1) is 14.0. The van der Waals surface area contributed by atoms with Crippen molar-refractivity contribution in [1.29, 1.82) is 0 Å². The molecule has 0 unspecified atom stereocenters. The molecule has 1 fully saturated rings. The minimum absolute atomic E-state index is 0.0957. The van der Waals surface area contributed by atoms with Crippen molar-refractivity contribution in [3.8, 4) is 0 Å². The average molecular weight is 494 g/mol. The first-order valence-electron chi connectivity index (χ1n) is 9.55. The lowest BCUT2D eigenvalue weighted by molar-refractivity contribution is -0.205. The van der Waals surface area contributed by atoms with Gasteiger partial charge in [-0.1, -0.05) is 42.6 Å². The molecule has 0 aliphatic carbocycles. The number of ether oxygens (including phenoxy) is 1. The van der Waals surface area contributed by atoms with E-state index in [1.165, 1.54) is 0 Å². The van der Waals surface area contributed by atoms with Crippen LogP contribution in [0.3, 0.4) is 0 Å². The van der Waals surface area contributed by atoms with E-state index in [4.69, 9.17) is 9.29 Å². The summed E-state index contributed by atoms with van der Waals surface area (Å²) in [5, 5.41) is 42.5. The van der Waals surface area contributed by atoms with Crippen molar-refractivity contribution < 1.29 is 46.6 Å². The highest BCUT2D eigenvalue weighted by Crippen LogP contribution is 2.30. The van der Waals surface area contributed by atoms with Crippen LogP contribution >= 0.6 is 11.8 Å². The van der Waals surface area contributed by atoms with Gasteiger partial charge in [0.2, 0.25) is 0 Å². The summed E-state index contributed by atoms with van der Waals surface area (Å²) in [6.45, 7) is -0.596. The van der Waals surface area contributed by atoms with E-state index >= 15 is 0 Å². The molecular formula is C16H31NO10S3. The zero-order chi connectivity index (χ0) is 22.7. The zero-order valence-electron chi connectivity index (χ0n) is 16.7. The summed E-state index contributed by atoms with van der Waals surface area (Å²) in [5.74, 6) is 0.680. The molecule has 178 valence electrons. The van der Waals surface area contributed by atoms with Crippen LogP contribution in [0.5, 0.6) is 0 Å². The van der Waals surface area contributed by atoms with Gasteiger partial charge in [-0.15, -0.1) is 0 Å². The number of hydrogen-bond acceptors (Lipinski definition) is 11. The van der Waals surface area contributed by atoms with Crippen LogP contribution in [-0.4, -0.2) is 91.1 Å². The number of nitrogens with zero attached hydrogens (tertiary/aromatic N) is 1. The lowest BCUT2D eigenvalue weighted by atomic mass is 10.0. The smallest absolute Gasteiger partial charge is 0.394 e. The molecule has 1 aliphatic heterocycles. The Morgan fingerprint density at radius 3 is 2.23 bits per heavy atom. The Hall–Kier alpha value is -0.320. The first kappa shape index (κ1) is 27.7. The van der Waals surface area contributed by atoms with Gasteiger partial charge in [-0.3, -0.25) is 8.76 Å². The van der Waals surface area contributed by atoms with Gasteiger partial charge in [-0.25, -0.2) is 4.28 Å². The van der Waals surface area contributed by atoms with Gasteiger partial charge in [-0.2, -0.15) is 8.42 Å². The zero-order valence-corrected chi connectivity index (χ0v) is 19.1. The predicted molar refractivity (Wildman–Crippen MR) is 113 cm³/mol. The maximum atomic E-state index is 11.0. The van der Waals surface area contributed by atoms with E-state index in [1.54, 1.807) is 6.26 Å². The van der Waals surface area contributed by atoms with Gasteiger partial charge in [0, 0.05) is 22.8 Å². The second kappa shape index (κ2) is 14.0. The predicted octanol–water partition coefficient (Wildman–Crippen LogP) is -0.238. The summed E-state index contributed by atoms with van der Waals surface area (Å²) in [7, 11) is -5.61. The minimum atomic E-state index is -4.82. The van der Waals surface area contributed by atoms with Gasteiger partial charge >= 0.3 is 10.4 Å². The molecule has 0 aromatic heterocycles. The normalized spacial score (nSPS) is 29.0. The van der Waals surface area contributed by atoms with Crippen molar-refractivity contribution in [3.63, 3.8) is 0 Å². The summed E-state index contributed by atoms with van der Waals surface area (Å²) in [4.78, 5) is 0. The molecule has 1 heterocycles. The fourth-order valence-electron chi connectivity index (χ4n) is 2.80. The quantitative estimate of drug-likeness (QED) is 0.0750. The highest BCUT2D eigenvalue weighted by molar-refractivity contribution is 8.14. The highest BCUT2D eigenvalue weighted by atomic mass is 32.3. The van der Waals surface area contributed by atoms with Crippen LogP contribution < -0.4 is 0 Å². The molecule has 0 spiro atoms. The summed E-state index contributed by atoms with van der Waals surface area (Å²) in [5.41, 5.74) is -1.14. The SMILES string of the molecule is C[S@@](=O)CCCCCCCC/C(=N/OS(=O)(=O)O)S[C@@H]1O[C@H](CO)[C@@H](O)[C@H](O)[C@H]1O. The fraction of sp³-hybridized carbons (Fsp3) is 0.938. The molecule has 5 N–H and O–H groups in total. The second-order valence-electron chi connectivity index (χ2n) is 6.95. The Bertz CT molecular complexity index is 658. The van der Waals surface area contributed by atoms with Gasteiger partial charge in [-0.05, 0) is 19.3 Å². The Morgan fingerprint density at radius 1 is 1.07 bits per heavy atom. The van der Waals surface area contributed by atoms with E-state index in [0.717, 1.165) is 43.9 Å². The maximum Gasteiger partial charge on any atom is 0.466 e. The molecule has 0 aromatic rings. The lowest BCUT2D eigenvalue weighted by Crippen LogP contribution is -2.57. The van der Waals surface area contributed by atoms with Gasteiger partial charge in [0.25, 0.3) is 0 Å². The van der Waals surface area contributed by atoms with Crippen molar-refractivity contribution in [2.24, 2.45) is 5.16 Å². The summed E-state index contributed by atoms with van der Waals surface area (Å²) < 4.78 is 50.8. The van der Waals surface area contributed by atoms with Crippen molar-refractivity contribution in [2.45, 2.75) is 74.8 Å². The Balaban J connectivity index is 2.58. The van der Waals surface area contributed by atoms with Gasteiger partial charge in [0.1, 0.15) is 34.9 Å². The van der Waals surface area contributed by atoms with Gasteiger partial charge < -0.3 is 25.2 Å². The Kier molecular flexibility index (Phi) is 12.9. The van der Waals surface area contributed by atoms with E-state index in [9.17, 15) is 33.1 Å². The molecule has 0 radical (unpaired) electrons. The number of unbranched alkanes of at least 4 members (excludes halogenated alkanes) is 5. The van der Waals surface area contributed by atoms with Crippen molar-refractivity contribution >= 4 is 38.0 Å². The molecular weight excluding hydrogens is 462 g/mol. The van der Waals surface area contributed by atoms with Crippen molar-refractivity contribution in [2.75, 3.05) is 18.6 Å². The molecule has 6 atom stereocenters. The standard InChI is InChI=1S/C16H31NO10S3/c1-29(22)9-7-5-3-2-4-6-8-12(17-27-30(23,24)25)28-16-15(21)14(20)13(19)11(10-18)26-16/h11,13-16,18-21H,2-10H2,1H3,(H,23,24,25)/b17-12-/t11-,13-,14+,15-,16+,29-/m1/s1. The molecule has 0 bridgehead atoms. The van der Waals surface area contributed by atoms with Crippen LogP contribution in [0.1, 0.15) is 44.9 Å². The third-order valence-electron chi connectivity index (χ3n) is 4.41. The molecule has 1 rings (SSSR count). The highest BCUT2D eigenvalue weighted by Gasteiger charge is 2.44. The monoisotopic (exact) mass is 493 g/mol. The Morgan fingerprint density at radius 2 is 1.67 bits per heavy atom. The lowest BCUT2D eigenvalue weighted by Gasteiger charge is -2.39. The van der Waals surface area contributed by atoms with E-state index in [1.807, 2.05) is 0 Å². The molecule has 0 saturated carbocycles. The summed E-state index contributed by atoms with van der Waals surface area (Å²) >= 11 is 0.776. The van der Waals surface area contributed by atoms with Crippen LogP contribution in [0, 0.1) is 0 Å². The summed E-state index contributed by atoms with van der Waals surface area (Å²) in [6, 6.07) is 0. The van der Waals surface area contributed by atoms with Crippen LogP contribution in [0.15, 0.2) is 5.16 Å². The summed E-state index contributed by atoms with van der Waals surface area (Å²) in [6.07, 6.45) is 1.35. The maximum absolute atomic E-state index is 11.0. The second-order valence-corrected chi connectivity index (χ2v) is 10.7. The molecule has 14 heteroatoms.